The monoisotopic (exact) mass is 271 g/mol. The van der Waals surface area contributed by atoms with Crippen LogP contribution >= 0.6 is 11.3 Å². The topological polar surface area (TPSA) is 28.5 Å². The van der Waals surface area contributed by atoms with E-state index in [2.05, 4.69) is 48.1 Å². The fourth-order valence-corrected chi connectivity index (χ4v) is 3.31. The largest absolute Gasteiger partial charge is 0.355 e. The molecule has 2 aromatic rings. The third-order valence-corrected chi connectivity index (χ3v) is 4.50. The van der Waals surface area contributed by atoms with Gasteiger partial charge < -0.3 is 4.90 Å². The van der Waals surface area contributed by atoms with Crippen molar-refractivity contribution in [1.29, 1.82) is 0 Å². The van der Waals surface area contributed by atoms with E-state index in [1.165, 1.54) is 10.4 Å². The Bertz CT molecular complexity index is 589. The summed E-state index contributed by atoms with van der Waals surface area (Å²) in [6, 6.07) is 8.78. The van der Waals surface area contributed by atoms with Gasteiger partial charge in [-0.05, 0) is 18.1 Å². The van der Waals surface area contributed by atoms with Gasteiger partial charge in [-0.3, -0.25) is 4.98 Å². The Morgan fingerprint density at radius 3 is 2.95 bits per heavy atom. The van der Waals surface area contributed by atoms with E-state index >= 15 is 0 Å². The Kier molecular flexibility index (Phi) is 3.34. The van der Waals surface area contributed by atoms with Crippen molar-refractivity contribution in [3.05, 3.63) is 46.4 Å². The van der Waals surface area contributed by atoms with Gasteiger partial charge in [-0.15, -0.1) is 11.3 Å². The fourth-order valence-electron chi connectivity index (χ4n) is 2.55. The number of nitrogens with zero attached hydrogens (tertiary/aromatic N) is 3. The summed E-state index contributed by atoms with van der Waals surface area (Å²) in [7, 11) is 2.14. The molecule has 0 saturated carbocycles. The van der Waals surface area contributed by atoms with Gasteiger partial charge in [0.2, 0.25) is 0 Å². The molecule has 0 aliphatic carbocycles. The SMILES string of the molecule is CCC1=Nc2ccccc2CC(c2cncs2)N1C. The molecule has 1 aromatic heterocycles. The molecule has 3 rings (SSSR count). The molecule has 4 heteroatoms. The van der Waals surface area contributed by atoms with Crippen molar-refractivity contribution in [3.8, 4) is 0 Å². The average molecular weight is 271 g/mol. The molecule has 1 aliphatic heterocycles. The van der Waals surface area contributed by atoms with Crippen LogP contribution in [0.15, 0.2) is 41.0 Å². The smallest absolute Gasteiger partial charge is 0.105 e. The highest BCUT2D eigenvalue weighted by molar-refractivity contribution is 7.09. The molecule has 98 valence electrons. The molecule has 0 fully saturated rings. The number of aromatic nitrogens is 1. The van der Waals surface area contributed by atoms with Crippen molar-refractivity contribution >= 4 is 22.9 Å². The maximum absolute atomic E-state index is 4.83. The molecular formula is C15H17N3S. The van der Waals surface area contributed by atoms with Crippen molar-refractivity contribution in [2.45, 2.75) is 25.8 Å². The minimum atomic E-state index is 0.342. The average Bonchev–Trinajstić information content (AvgIpc) is 2.92. The van der Waals surface area contributed by atoms with Crippen LogP contribution in [0.5, 0.6) is 0 Å². The molecule has 0 N–H and O–H groups in total. The standard InChI is InChI=1S/C15H17N3S/c1-3-15-17-12-7-5-4-6-11(12)8-13(18(15)2)14-9-16-10-19-14/h4-7,9-10,13H,3,8H2,1-2H3. The summed E-state index contributed by atoms with van der Waals surface area (Å²) < 4.78 is 0. The quantitative estimate of drug-likeness (QED) is 0.831. The van der Waals surface area contributed by atoms with Gasteiger partial charge in [0, 0.05) is 24.5 Å². The maximum Gasteiger partial charge on any atom is 0.105 e. The van der Waals surface area contributed by atoms with Crippen molar-refractivity contribution in [3.63, 3.8) is 0 Å². The maximum atomic E-state index is 4.83. The van der Waals surface area contributed by atoms with Crippen LogP contribution in [0.1, 0.15) is 29.8 Å². The van der Waals surface area contributed by atoms with Crippen molar-refractivity contribution in [2.75, 3.05) is 7.05 Å². The summed E-state index contributed by atoms with van der Waals surface area (Å²) in [6.45, 7) is 2.16. The molecule has 1 aliphatic rings. The number of aliphatic imine (C=N–C) groups is 1. The summed E-state index contributed by atoms with van der Waals surface area (Å²) in [5.74, 6) is 1.14. The Hall–Kier alpha value is -1.68. The van der Waals surface area contributed by atoms with Crippen LogP contribution in [0.25, 0.3) is 0 Å². The summed E-state index contributed by atoms with van der Waals surface area (Å²) in [6.07, 6.45) is 3.91. The highest BCUT2D eigenvalue weighted by atomic mass is 32.1. The first-order chi connectivity index (χ1) is 9.29. The number of hydrogen-bond acceptors (Lipinski definition) is 4. The van der Waals surface area contributed by atoms with Gasteiger partial charge in [-0.2, -0.15) is 0 Å². The van der Waals surface area contributed by atoms with Crippen LogP contribution in [-0.4, -0.2) is 22.8 Å². The van der Waals surface area contributed by atoms with Gasteiger partial charge in [-0.1, -0.05) is 25.1 Å². The van der Waals surface area contributed by atoms with E-state index in [4.69, 9.17) is 4.99 Å². The lowest BCUT2D eigenvalue weighted by atomic mass is 10.0. The third-order valence-electron chi connectivity index (χ3n) is 3.63. The number of para-hydroxylation sites is 1. The van der Waals surface area contributed by atoms with Gasteiger partial charge in [0.1, 0.15) is 5.84 Å². The summed E-state index contributed by atoms with van der Waals surface area (Å²) in [5.41, 5.74) is 4.33. The lowest BCUT2D eigenvalue weighted by molar-refractivity contribution is 0.375. The van der Waals surface area contributed by atoms with Gasteiger partial charge in [0.15, 0.2) is 0 Å². The van der Waals surface area contributed by atoms with E-state index in [0.29, 0.717) is 6.04 Å². The molecule has 19 heavy (non-hydrogen) atoms. The molecule has 1 atom stereocenters. The zero-order valence-corrected chi connectivity index (χ0v) is 12.0. The molecule has 3 nitrogen and oxygen atoms in total. The van der Waals surface area contributed by atoms with Crippen LogP contribution < -0.4 is 0 Å². The molecule has 0 saturated heterocycles. The molecule has 0 spiro atoms. The summed E-state index contributed by atoms with van der Waals surface area (Å²) >= 11 is 1.72. The van der Waals surface area contributed by atoms with E-state index in [0.717, 1.165) is 24.4 Å². The number of amidine groups is 1. The van der Waals surface area contributed by atoms with E-state index in [1.807, 2.05) is 11.7 Å². The van der Waals surface area contributed by atoms with E-state index in [-0.39, 0.29) is 0 Å². The number of fused-ring (bicyclic) bond motifs is 1. The lowest BCUT2D eigenvalue weighted by Crippen LogP contribution is -2.30. The normalized spacial score (nSPS) is 18.7. The zero-order chi connectivity index (χ0) is 13.2. The van der Waals surface area contributed by atoms with E-state index < -0.39 is 0 Å². The van der Waals surface area contributed by atoms with E-state index in [1.54, 1.807) is 11.3 Å². The summed E-state index contributed by atoms with van der Waals surface area (Å²) in [5, 5.41) is 0. The second kappa shape index (κ2) is 5.13. The van der Waals surface area contributed by atoms with Crippen LogP contribution in [-0.2, 0) is 6.42 Å². The Morgan fingerprint density at radius 1 is 1.37 bits per heavy atom. The molecule has 1 unspecified atom stereocenters. The molecule has 1 aromatic carbocycles. The molecule has 0 bridgehead atoms. The van der Waals surface area contributed by atoms with Crippen LogP contribution in [0.4, 0.5) is 5.69 Å². The van der Waals surface area contributed by atoms with Crippen LogP contribution in [0.2, 0.25) is 0 Å². The highest BCUT2D eigenvalue weighted by Gasteiger charge is 2.25. The summed E-state index contributed by atoms with van der Waals surface area (Å²) in [4.78, 5) is 12.7. The third kappa shape index (κ3) is 2.28. The fraction of sp³-hybridized carbons (Fsp3) is 0.333. The second-order valence-electron chi connectivity index (χ2n) is 4.74. The number of thiazole rings is 1. The first kappa shape index (κ1) is 12.4. The van der Waals surface area contributed by atoms with Gasteiger partial charge in [0.25, 0.3) is 0 Å². The molecule has 0 amide bonds. The van der Waals surface area contributed by atoms with Crippen molar-refractivity contribution < 1.29 is 0 Å². The van der Waals surface area contributed by atoms with Gasteiger partial charge >= 0.3 is 0 Å². The minimum absolute atomic E-state index is 0.342. The molecular weight excluding hydrogens is 254 g/mol. The minimum Gasteiger partial charge on any atom is -0.355 e. The first-order valence-electron chi connectivity index (χ1n) is 6.56. The number of hydrogen-bond donors (Lipinski definition) is 0. The zero-order valence-electron chi connectivity index (χ0n) is 11.2. The van der Waals surface area contributed by atoms with Crippen molar-refractivity contribution in [2.24, 2.45) is 4.99 Å². The first-order valence-corrected chi connectivity index (χ1v) is 7.44. The van der Waals surface area contributed by atoms with E-state index in [9.17, 15) is 0 Å². The predicted molar refractivity (Wildman–Crippen MR) is 80.2 cm³/mol. The Morgan fingerprint density at radius 2 is 2.21 bits per heavy atom. The number of rotatable bonds is 2. The number of benzene rings is 1. The molecule has 2 heterocycles. The predicted octanol–water partition coefficient (Wildman–Crippen LogP) is 3.81. The highest BCUT2D eigenvalue weighted by Crippen LogP contribution is 2.34. The van der Waals surface area contributed by atoms with Crippen LogP contribution in [0, 0.1) is 0 Å². The second-order valence-corrected chi connectivity index (χ2v) is 5.66. The van der Waals surface area contributed by atoms with Crippen molar-refractivity contribution in [1.82, 2.24) is 9.88 Å². The number of likely N-dealkylation sites (N-methyl/N-ethyl adjacent to an activating group) is 1. The molecule has 0 radical (unpaired) electrons. The van der Waals surface area contributed by atoms with Gasteiger partial charge in [0.05, 0.1) is 17.2 Å². The Labute approximate surface area is 117 Å². The Balaban J connectivity index is 2.08. The van der Waals surface area contributed by atoms with Crippen LogP contribution in [0.3, 0.4) is 0 Å². The van der Waals surface area contributed by atoms with Gasteiger partial charge in [-0.25, -0.2) is 4.99 Å². The lowest BCUT2D eigenvalue weighted by Gasteiger charge is -2.27.